The summed E-state index contributed by atoms with van der Waals surface area (Å²) in [5, 5.41) is 6.14. The Morgan fingerprint density at radius 2 is 1.89 bits per heavy atom. The predicted molar refractivity (Wildman–Crippen MR) is 110 cm³/mol. The Hall–Kier alpha value is -2.36. The van der Waals surface area contributed by atoms with E-state index in [1.54, 1.807) is 24.1 Å². The number of carbonyl (C=O) groups excluding carboxylic acids is 1. The van der Waals surface area contributed by atoms with Crippen LogP contribution in [0.15, 0.2) is 29.2 Å². The van der Waals surface area contributed by atoms with Crippen LogP contribution < -0.4 is 5.14 Å². The van der Waals surface area contributed by atoms with E-state index in [0.717, 1.165) is 21.5 Å². The molecule has 148 valence electrons. The maximum atomic E-state index is 13.2. The normalized spacial score (nSPS) is 12.9. The zero-order chi connectivity index (χ0) is 20.8. The van der Waals surface area contributed by atoms with Crippen LogP contribution in [0.3, 0.4) is 0 Å². The number of carbonyl (C=O) groups is 1. The van der Waals surface area contributed by atoms with Crippen LogP contribution in [0.4, 0.5) is 0 Å². The lowest BCUT2D eigenvalue weighted by atomic mass is 10.1. The molecule has 28 heavy (non-hydrogen) atoms. The SMILES string of the molecule is Cc1nc(C)c2c(C)c(C(=O)N(C)C(C)c3cccc(S(N)(=O)=O)c3)sc2n1. The number of rotatable bonds is 4. The molecule has 1 aromatic carbocycles. The average Bonchev–Trinajstić information content (AvgIpc) is 2.95. The smallest absolute Gasteiger partial charge is 0.264 e. The van der Waals surface area contributed by atoms with Gasteiger partial charge in [0.2, 0.25) is 10.0 Å². The van der Waals surface area contributed by atoms with Crippen molar-refractivity contribution in [1.29, 1.82) is 0 Å². The van der Waals surface area contributed by atoms with Crippen LogP contribution in [0.2, 0.25) is 0 Å². The minimum absolute atomic E-state index is 0.0251. The molecule has 0 spiro atoms. The number of nitrogens with zero attached hydrogens (tertiary/aromatic N) is 3. The van der Waals surface area contributed by atoms with E-state index < -0.39 is 10.0 Å². The molecule has 1 unspecified atom stereocenters. The number of amides is 1. The standard InChI is InChI=1S/C19H22N4O3S2/c1-10-16-11(2)21-13(4)22-18(16)27-17(10)19(24)23(5)12(3)14-7-6-8-15(9-14)28(20,25)26/h6-9,12H,1-5H3,(H2,20,25,26). The van der Waals surface area contributed by atoms with Crippen molar-refractivity contribution in [2.45, 2.75) is 38.6 Å². The van der Waals surface area contributed by atoms with E-state index in [1.165, 1.54) is 23.5 Å². The topological polar surface area (TPSA) is 106 Å². The van der Waals surface area contributed by atoms with E-state index in [0.29, 0.717) is 16.3 Å². The van der Waals surface area contributed by atoms with Crippen LogP contribution in [0.1, 0.15) is 45.3 Å². The van der Waals surface area contributed by atoms with Crippen LogP contribution >= 0.6 is 11.3 Å². The van der Waals surface area contributed by atoms with Gasteiger partial charge >= 0.3 is 0 Å². The molecular weight excluding hydrogens is 396 g/mol. The highest BCUT2D eigenvalue weighted by molar-refractivity contribution is 7.89. The number of aromatic nitrogens is 2. The second-order valence-electron chi connectivity index (χ2n) is 6.80. The van der Waals surface area contributed by atoms with E-state index in [-0.39, 0.29) is 16.8 Å². The van der Waals surface area contributed by atoms with Crippen molar-refractivity contribution < 1.29 is 13.2 Å². The summed E-state index contributed by atoms with van der Waals surface area (Å²) in [4.78, 5) is 25.0. The lowest BCUT2D eigenvalue weighted by molar-refractivity contribution is 0.0747. The molecule has 2 heterocycles. The molecule has 0 saturated heterocycles. The van der Waals surface area contributed by atoms with Gasteiger partial charge < -0.3 is 4.90 Å². The third kappa shape index (κ3) is 3.65. The monoisotopic (exact) mass is 418 g/mol. The number of primary sulfonamides is 1. The van der Waals surface area contributed by atoms with Gasteiger partial charge in [0, 0.05) is 18.1 Å². The first-order valence-electron chi connectivity index (χ1n) is 8.65. The fraction of sp³-hybridized carbons (Fsp3) is 0.316. The van der Waals surface area contributed by atoms with Crippen LogP contribution in [-0.4, -0.2) is 36.2 Å². The summed E-state index contributed by atoms with van der Waals surface area (Å²) in [6.45, 7) is 7.49. The van der Waals surface area contributed by atoms with Gasteiger partial charge in [-0.25, -0.2) is 23.5 Å². The predicted octanol–water partition coefficient (Wildman–Crippen LogP) is 3.10. The third-order valence-electron chi connectivity index (χ3n) is 4.85. The van der Waals surface area contributed by atoms with Gasteiger partial charge in [-0.2, -0.15) is 0 Å². The van der Waals surface area contributed by atoms with Gasteiger partial charge in [0.15, 0.2) is 0 Å². The summed E-state index contributed by atoms with van der Waals surface area (Å²) in [6, 6.07) is 6.00. The molecular formula is C19H22N4O3S2. The largest absolute Gasteiger partial charge is 0.334 e. The summed E-state index contributed by atoms with van der Waals surface area (Å²) >= 11 is 1.35. The Morgan fingerprint density at radius 1 is 1.21 bits per heavy atom. The number of aryl methyl sites for hydroxylation is 3. The van der Waals surface area contributed by atoms with Crippen molar-refractivity contribution in [1.82, 2.24) is 14.9 Å². The summed E-state index contributed by atoms with van der Waals surface area (Å²) in [7, 11) is -2.11. The van der Waals surface area contributed by atoms with Gasteiger partial charge in [-0.3, -0.25) is 4.79 Å². The van der Waals surface area contributed by atoms with Crippen LogP contribution in [0.5, 0.6) is 0 Å². The van der Waals surface area contributed by atoms with E-state index in [2.05, 4.69) is 9.97 Å². The zero-order valence-corrected chi connectivity index (χ0v) is 18.0. The molecule has 3 rings (SSSR count). The number of benzene rings is 1. The molecule has 2 N–H and O–H groups in total. The van der Waals surface area contributed by atoms with Crippen molar-refractivity contribution in [3.8, 4) is 0 Å². The van der Waals surface area contributed by atoms with E-state index in [1.807, 2.05) is 27.7 Å². The van der Waals surface area contributed by atoms with Crippen molar-refractivity contribution in [2.24, 2.45) is 5.14 Å². The van der Waals surface area contributed by atoms with Gasteiger partial charge in [0.1, 0.15) is 10.7 Å². The van der Waals surface area contributed by atoms with Crippen molar-refractivity contribution in [2.75, 3.05) is 7.05 Å². The van der Waals surface area contributed by atoms with Gasteiger partial charge in [0.25, 0.3) is 5.91 Å². The Labute approximate surface area is 168 Å². The lowest BCUT2D eigenvalue weighted by Gasteiger charge is -2.25. The van der Waals surface area contributed by atoms with E-state index in [9.17, 15) is 13.2 Å². The van der Waals surface area contributed by atoms with Gasteiger partial charge in [-0.15, -0.1) is 11.3 Å². The molecule has 1 amide bonds. The molecule has 0 fully saturated rings. The number of fused-ring (bicyclic) bond motifs is 1. The Balaban J connectivity index is 1.98. The number of sulfonamides is 1. The Morgan fingerprint density at radius 3 is 2.54 bits per heavy atom. The first kappa shape index (κ1) is 20.4. The fourth-order valence-corrected chi connectivity index (χ4v) is 5.02. The van der Waals surface area contributed by atoms with Gasteiger partial charge in [-0.1, -0.05) is 12.1 Å². The number of nitrogens with two attached hydrogens (primary N) is 1. The third-order valence-corrected chi connectivity index (χ3v) is 6.93. The molecule has 0 bridgehead atoms. The maximum Gasteiger partial charge on any atom is 0.264 e. The highest BCUT2D eigenvalue weighted by atomic mass is 32.2. The van der Waals surface area contributed by atoms with E-state index in [4.69, 9.17) is 5.14 Å². The number of thiophene rings is 1. The van der Waals surface area contributed by atoms with Crippen LogP contribution in [-0.2, 0) is 10.0 Å². The zero-order valence-electron chi connectivity index (χ0n) is 16.3. The summed E-state index contributed by atoms with van der Waals surface area (Å²) in [5.74, 6) is 0.526. The highest BCUT2D eigenvalue weighted by Crippen LogP contribution is 2.33. The minimum Gasteiger partial charge on any atom is -0.334 e. The molecule has 3 aromatic rings. The first-order valence-corrected chi connectivity index (χ1v) is 11.0. The molecule has 0 aliphatic rings. The fourth-order valence-electron chi connectivity index (χ4n) is 3.19. The molecule has 0 saturated carbocycles. The van der Waals surface area contributed by atoms with Crippen molar-refractivity contribution in [3.63, 3.8) is 0 Å². The van der Waals surface area contributed by atoms with Crippen molar-refractivity contribution >= 4 is 37.5 Å². The van der Waals surface area contributed by atoms with Crippen LogP contribution in [0.25, 0.3) is 10.2 Å². The summed E-state index contributed by atoms with van der Waals surface area (Å²) in [6.07, 6.45) is 0. The molecule has 7 nitrogen and oxygen atoms in total. The lowest BCUT2D eigenvalue weighted by Crippen LogP contribution is -2.29. The Kier molecular flexibility index (Phi) is 5.26. The molecule has 0 radical (unpaired) electrons. The molecule has 0 aliphatic carbocycles. The molecule has 9 heteroatoms. The second kappa shape index (κ2) is 7.23. The van der Waals surface area contributed by atoms with Crippen LogP contribution in [0, 0.1) is 20.8 Å². The molecule has 0 aliphatic heterocycles. The minimum atomic E-state index is -3.81. The second-order valence-corrected chi connectivity index (χ2v) is 9.36. The summed E-state index contributed by atoms with van der Waals surface area (Å²) < 4.78 is 23.2. The van der Waals surface area contributed by atoms with Crippen molar-refractivity contribution in [3.05, 3.63) is 51.8 Å². The molecule has 2 aromatic heterocycles. The highest BCUT2D eigenvalue weighted by Gasteiger charge is 2.25. The van der Waals surface area contributed by atoms with E-state index >= 15 is 0 Å². The summed E-state index contributed by atoms with van der Waals surface area (Å²) in [5.41, 5.74) is 2.40. The van der Waals surface area contributed by atoms with Gasteiger partial charge in [0.05, 0.1) is 15.8 Å². The molecule has 1 atom stereocenters. The number of hydrogen-bond donors (Lipinski definition) is 1. The quantitative estimate of drug-likeness (QED) is 0.701. The number of hydrogen-bond acceptors (Lipinski definition) is 6. The van der Waals surface area contributed by atoms with Gasteiger partial charge in [-0.05, 0) is 51.0 Å². The average molecular weight is 419 g/mol. The Bertz CT molecular complexity index is 1190. The maximum absolute atomic E-state index is 13.2. The first-order chi connectivity index (χ1) is 13.0.